The van der Waals surface area contributed by atoms with Gasteiger partial charge in [0.25, 0.3) is 0 Å². The van der Waals surface area contributed by atoms with Crippen LogP contribution in [0.4, 0.5) is 5.00 Å². The molecule has 0 unspecified atom stereocenters. The summed E-state index contributed by atoms with van der Waals surface area (Å²) in [6.07, 6.45) is 1.95. The van der Waals surface area contributed by atoms with E-state index in [0.717, 1.165) is 47.9 Å². The van der Waals surface area contributed by atoms with E-state index in [4.69, 9.17) is 4.74 Å². The zero-order chi connectivity index (χ0) is 14.9. The van der Waals surface area contributed by atoms with E-state index in [9.17, 15) is 0 Å². The first kappa shape index (κ1) is 13.7. The zero-order valence-electron chi connectivity index (χ0n) is 12.5. The number of benzene rings is 1. The molecule has 1 fully saturated rings. The highest BCUT2D eigenvalue weighted by molar-refractivity contribution is 7.11. The van der Waals surface area contributed by atoms with Crippen LogP contribution in [-0.4, -0.2) is 35.7 Å². The molecule has 3 aromatic rings. The average molecular weight is 311 g/mol. The van der Waals surface area contributed by atoms with E-state index in [1.807, 2.05) is 6.20 Å². The number of fused-ring (bicyclic) bond motifs is 1. The standard InChI is InChI=1S/C17H17N3OS/c1-12-2-4-13(5-3-12)14-10-15-16(18-11-14)17(22-19-15)20-6-8-21-9-7-20/h2-5,10-11H,6-9H2,1H3. The number of pyridine rings is 1. The number of rotatable bonds is 2. The van der Waals surface area contributed by atoms with Crippen molar-refractivity contribution in [2.75, 3.05) is 31.2 Å². The van der Waals surface area contributed by atoms with Gasteiger partial charge in [-0.05, 0) is 30.1 Å². The fourth-order valence-corrected chi connectivity index (χ4v) is 3.57. The molecule has 0 bridgehead atoms. The molecule has 4 nitrogen and oxygen atoms in total. The Morgan fingerprint density at radius 3 is 2.64 bits per heavy atom. The van der Waals surface area contributed by atoms with E-state index in [1.165, 1.54) is 22.7 Å². The maximum atomic E-state index is 5.42. The fourth-order valence-electron chi connectivity index (χ4n) is 2.70. The van der Waals surface area contributed by atoms with E-state index in [2.05, 4.69) is 51.5 Å². The summed E-state index contributed by atoms with van der Waals surface area (Å²) in [6, 6.07) is 10.6. The first-order chi connectivity index (χ1) is 10.8. The van der Waals surface area contributed by atoms with Crippen LogP contribution in [0.1, 0.15) is 5.56 Å². The van der Waals surface area contributed by atoms with Gasteiger partial charge in [-0.25, -0.2) is 0 Å². The first-order valence-electron chi connectivity index (χ1n) is 7.46. The fraction of sp³-hybridized carbons (Fsp3) is 0.294. The Hall–Kier alpha value is -1.98. The van der Waals surface area contributed by atoms with Gasteiger partial charge in [0, 0.05) is 24.8 Å². The van der Waals surface area contributed by atoms with E-state index in [0.29, 0.717) is 0 Å². The summed E-state index contributed by atoms with van der Waals surface area (Å²) in [7, 11) is 0. The highest BCUT2D eigenvalue weighted by Crippen LogP contribution is 2.32. The van der Waals surface area contributed by atoms with Crippen LogP contribution in [0, 0.1) is 6.92 Å². The Kier molecular flexibility index (Phi) is 3.52. The van der Waals surface area contributed by atoms with Crippen LogP contribution in [0.5, 0.6) is 0 Å². The van der Waals surface area contributed by atoms with Gasteiger partial charge in [-0.1, -0.05) is 29.8 Å². The normalized spacial score (nSPS) is 15.4. The van der Waals surface area contributed by atoms with Crippen LogP contribution in [0.3, 0.4) is 0 Å². The van der Waals surface area contributed by atoms with Crippen LogP contribution < -0.4 is 4.90 Å². The topological polar surface area (TPSA) is 38.2 Å². The van der Waals surface area contributed by atoms with Crippen molar-refractivity contribution in [2.45, 2.75) is 6.92 Å². The number of nitrogens with zero attached hydrogens (tertiary/aromatic N) is 3. The van der Waals surface area contributed by atoms with Crippen LogP contribution in [0.15, 0.2) is 36.5 Å². The number of aromatic nitrogens is 2. The van der Waals surface area contributed by atoms with Crippen molar-refractivity contribution in [3.05, 3.63) is 42.1 Å². The van der Waals surface area contributed by atoms with Crippen molar-refractivity contribution in [1.29, 1.82) is 0 Å². The predicted octanol–water partition coefficient (Wildman–Crippen LogP) is 3.50. The number of hydrogen-bond donors (Lipinski definition) is 0. The molecule has 2 aromatic heterocycles. The van der Waals surface area contributed by atoms with Crippen LogP contribution in [0.25, 0.3) is 22.2 Å². The van der Waals surface area contributed by atoms with Crippen molar-refractivity contribution in [1.82, 2.24) is 9.36 Å². The molecule has 5 heteroatoms. The van der Waals surface area contributed by atoms with Gasteiger partial charge < -0.3 is 9.64 Å². The average Bonchev–Trinajstić information content (AvgIpc) is 2.99. The summed E-state index contributed by atoms with van der Waals surface area (Å²) in [5, 5.41) is 1.16. The Morgan fingerprint density at radius 2 is 1.86 bits per heavy atom. The summed E-state index contributed by atoms with van der Waals surface area (Å²) in [5.41, 5.74) is 5.54. The van der Waals surface area contributed by atoms with E-state index in [1.54, 1.807) is 0 Å². The van der Waals surface area contributed by atoms with Crippen LogP contribution >= 0.6 is 11.5 Å². The minimum Gasteiger partial charge on any atom is -0.378 e. The molecule has 4 rings (SSSR count). The molecule has 0 N–H and O–H groups in total. The summed E-state index contributed by atoms with van der Waals surface area (Å²) in [5.74, 6) is 0. The quantitative estimate of drug-likeness (QED) is 0.726. The largest absolute Gasteiger partial charge is 0.378 e. The number of ether oxygens (including phenoxy) is 1. The molecule has 0 atom stereocenters. The van der Waals surface area contributed by atoms with Crippen molar-refractivity contribution in [3.63, 3.8) is 0 Å². The summed E-state index contributed by atoms with van der Waals surface area (Å²) >= 11 is 1.53. The van der Waals surface area contributed by atoms with Crippen molar-refractivity contribution >= 4 is 27.6 Å². The number of hydrogen-bond acceptors (Lipinski definition) is 5. The van der Waals surface area contributed by atoms with Gasteiger partial charge in [-0.3, -0.25) is 4.98 Å². The van der Waals surface area contributed by atoms with Crippen molar-refractivity contribution in [2.24, 2.45) is 0 Å². The molecule has 112 valence electrons. The van der Waals surface area contributed by atoms with Gasteiger partial charge in [0.05, 0.1) is 13.2 Å². The highest BCUT2D eigenvalue weighted by Gasteiger charge is 2.18. The predicted molar refractivity (Wildman–Crippen MR) is 90.6 cm³/mol. The monoisotopic (exact) mass is 311 g/mol. The third kappa shape index (κ3) is 2.46. The molecule has 1 aromatic carbocycles. The lowest BCUT2D eigenvalue weighted by Crippen LogP contribution is -2.35. The number of morpholine rings is 1. The van der Waals surface area contributed by atoms with Crippen molar-refractivity contribution in [3.8, 4) is 11.1 Å². The Morgan fingerprint density at radius 1 is 1.09 bits per heavy atom. The lowest BCUT2D eigenvalue weighted by molar-refractivity contribution is 0.123. The molecule has 0 saturated carbocycles. The lowest BCUT2D eigenvalue weighted by Gasteiger charge is -2.26. The zero-order valence-corrected chi connectivity index (χ0v) is 13.3. The second-order valence-electron chi connectivity index (χ2n) is 5.54. The molecular formula is C17H17N3OS. The Balaban J connectivity index is 1.71. The maximum Gasteiger partial charge on any atom is 0.138 e. The van der Waals surface area contributed by atoms with Crippen molar-refractivity contribution < 1.29 is 4.74 Å². The summed E-state index contributed by atoms with van der Waals surface area (Å²) < 4.78 is 10.0. The van der Waals surface area contributed by atoms with E-state index >= 15 is 0 Å². The third-order valence-electron chi connectivity index (χ3n) is 3.98. The summed E-state index contributed by atoms with van der Waals surface area (Å²) in [4.78, 5) is 7.00. The van der Waals surface area contributed by atoms with Crippen LogP contribution in [-0.2, 0) is 4.74 Å². The molecule has 1 saturated heterocycles. The molecule has 0 radical (unpaired) electrons. The first-order valence-corrected chi connectivity index (χ1v) is 8.24. The molecule has 1 aliphatic heterocycles. The third-order valence-corrected chi connectivity index (χ3v) is 4.90. The lowest BCUT2D eigenvalue weighted by atomic mass is 10.1. The highest BCUT2D eigenvalue weighted by atomic mass is 32.1. The summed E-state index contributed by atoms with van der Waals surface area (Å²) in [6.45, 7) is 5.49. The smallest absolute Gasteiger partial charge is 0.138 e. The molecule has 0 spiro atoms. The van der Waals surface area contributed by atoms with Gasteiger partial charge in [-0.15, -0.1) is 0 Å². The molecule has 22 heavy (non-hydrogen) atoms. The molecule has 0 aliphatic carbocycles. The number of anilines is 1. The van der Waals surface area contributed by atoms with E-state index < -0.39 is 0 Å². The minimum absolute atomic E-state index is 0.779. The van der Waals surface area contributed by atoms with Crippen LogP contribution in [0.2, 0.25) is 0 Å². The van der Waals surface area contributed by atoms with Gasteiger partial charge in [0.15, 0.2) is 0 Å². The Labute approximate surface area is 133 Å². The van der Waals surface area contributed by atoms with Gasteiger partial charge in [-0.2, -0.15) is 4.37 Å². The molecular weight excluding hydrogens is 294 g/mol. The molecule has 0 amide bonds. The molecule has 3 heterocycles. The Bertz CT molecular complexity index is 791. The molecule has 1 aliphatic rings. The second-order valence-corrected chi connectivity index (χ2v) is 6.30. The maximum absolute atomic E-state index is 5.42. The van der Waals surface area contributed by atoms with Gasteiger partial charge >= 0.3 is 0 Å². The van der Waals surface area contributed by atoms with Gasteiger partial charge in [0.1, 0.15) is 16.0 Å². The minimum atomic E-state index is 0.779. The number of aryl methyl sites for hydroxylation is 1. The second kappa shape index (κ2) is 5.66. The SMILES string of the molecule is Cc1ccc(-c2cnc3c(N4CCOCC4)snc3c2)cc1. The van der Waals surface area contributed by atoms with E-state index in [-0.39, 0.29) is 0 Å². The van der Waals surface area contributed by atoms with Gasteiger partial charge in [0.2, 0.25) is 0 Å².